The van der Waals surface area contributed by atoms with Gasteiger partial charge < -0.3 is 9.47 Å². The molecule has 0 amide bonds. The summed E-state index contributed by atoms with van der Waals surface area (Å²) < 4.78 is 11.5. The summed E-state index contributed by atoms with van der Waals surface area (Å²) in [6.07, 6.45) is 0. The first kappa shape index (κ1) is 13.3. The van der Waals surface area contributed by atoms with Crippen molar-refractivity contribution in [3.63, 3.8) is 0 Å². The Labute approximate surface area is 125 Å². The Hall–Kier alpha value is -1.65. The molecule has 3 rings (SSSR count). The molecule has 0 radical (unpaired) electrons. The zero-order valence-electron chi connectivity index (χ0n) is 11.0. The lowest BCUT2D eigenvalue weighted by Gasteiger charge is -2.09. The fourth-order valence-electron chi connectivity index (χ4n) is 2.32. The third kappa shape index (κ3) is 2.37. The summed E-state index contributed by atoms with van der Waals surface area (Å²) in [5.74, 6) is 0.533. The summed E-state index contributed by atoms with van der Waals surface area (Å²) in [7, 11) is 1.56. The normalized spacial score (nSPS) is 13.1. The highest BCUT2D eigenvalue weighted by Gasteiger charge is 2.18. The number of carbonyl (C=O) groups excluding carboxylic acids is 1. The highest BCUT2D eigenvalue weighted by Crippen LogP contribution is 2.27. The molecule has 0 N–H and O–H groups in total. The predicted octanol–water partition coefficient (Wildman–Crippen LogP) is 3.72. The standard InChI is InChI=1S/C16H13BrO3/c1-19-15-7-13(17)4-5-14(15)16(18)10-2-3-11-8-20-9-12(11)6-10/h2-7H,8-9H2,1H3. The fraction of sp³-hybridized carbons (Fsp3) is 0.188. The second-order valence-corrected chi connectivity index (χ2v) is 5.57. The summed E-state index contributed by atoms with van der Waals surface area (Å²) in [5.41, 5.74) is 3.47. The lowest BCUT2D eigenvalue weighted by Crippen LogP contribution is -2.04. The first-order valence-corrected chi connectivity index (χ1v) is 7.06. The first-order valence-electron chi connectivity index (χ1n) is 6.27. The lowest BCUT2D eigenvalue weighted by atomic mass is 9.99. The molecule has 2 aromatic carbocycles. The number of ketones is 1. The molecule has 1 aliphatic rings. The van der Waals surface area contributed by atoms with Crippen molar-refractivity contribution in [1.29, 1.82) is 0 Å². The van der Waals surface area contributed by atoms with E-state index >= 15 is 0 Å². The fourth-order valence-corrected chi connectivity index (χ4v) is 2.66. The molecule has 0 saturated heterocycles. The summed E-state index contributed by atoms with van der Waals surface area (Å²) in [6, 6.07) is 11.1. The molecule has 4 heteroatoms. The molecule has 0 aromatic heterocycles. The van der Waals surface area contributed by atoms with Crippen LogP contribution in [0.25, 0.3) is 0 Å². The molecular formula is C16H13BrO3. The van der Waals surface area contributed by atoms with Crippen molar-refractivity contribution in [2.45, 2.75) is 13.2 Å². The zero-order valence-corrected chi connectivity index (χ0v) is 12.6. The largest absolute Gasteiger partial charge is 0.496 e. The van der Waals surface area contributed by atoms with Crippen LogP contribution < -0.4 is 4.74 Å². The number of halogens is 1. The minimum absolute atomic E-state index is 0.0379. The van der Waals surface area contributed by atoms with E-state index in [4.69, 9.17) is 9.47 Å². The molecule has 2 aromatic rings. The van der Waals surface area contributed by atoms with Gasteiger partial charge in [-0.3, -0.25) is 4.79 Å². The van der Waals surface area contributed by atoms with Gasteiger partial charge in [0.25, 0.3) is 0 Å². The third-order valence-electron chi connectivity index (χ3n) is 3.39. The minimum Gasteiger partial charge on any atom is -0.496 e. The van der Waals surface area contributed by atoms with Crippen LogP contribution in [0.3, 0.4) is 0 Å². The van der Waals surface area contributed by atoms with Gasteiger partial charge in [0, 0.05) is 10.0 Å². The van der Waals surface area contributed by atoms with Gasteiger partial charge in [-0.2, -0.15) is 0 Å². The second-order valence-electron chi connectivity index (χ2n) is 4.65. The van der Waals surface area contributed by atoms with Crippen LogP contribution in [0.15, 0.2) is 40.9 Å². The van der Waals surface area contributed by atoms with Crippen LogP contribution in [0.5, 0.6) is 5.75 Å². The number of rotatable bonds is 3. The van der Waals surface area contributed by atoms with Gasteiger partial charge in [0.05, 0.1) is 25.9 Å². The van der Waals surface area contributed by atoms with Crippen LogP contribution >= 0.6 is 15.9 Å². The molecule has 3 nitrogen and oxygen atoms in total. The van der Waals surface area contributed by atoms with Gasteiger partial charge in [-0.15, -0.1) is 0 Å². The molecule has 1 aliphatic heterocycles. The SMILES string of the molecule is COc1cc(Br)ccc1C(=O)c1ccc2c(c1)COC2. The average Bonchev–Trinajstić information content (AvgIpc) is 2.93. The van der Waals surface area contributed by atoms with Crippen molar-refractivity contribution in [1.82, 2.24) is 0 Å². The van der Waals surface area contributed by atoms with E-state index in [0.717, 1.165) is 15.6 Å². The Morgan fingerprint density at radius 1 is 1.15 bits per heavy atom. The molecule has 1 heterocycles. The molecule has 102 valence electrons. The van der Waals surface area contributed by atoms with Crippen molar-refractivity contribution in [3.8, 4) is 5.75 Å². The Balaban J connectivity index is 2.00. The number of ether oxygens (including phenoxy) is 2. The van der Waals surface area contributed by atoms with E-state index in [-0.39, 0.29) is 5.78 Å². The van der Waals surface area contributed by atoms with Crippen molar-refractivity contribution in [2.24, 2.45) is 0 Å². The van der Waals surface area contributed by atoms with Crippen LogP contribution in [-0.2, 0) is 18.0 Å². The molecule has 0 fully saturated rings. The monoisotopic (exact) mass is 332 g/mol. The van der Waals surface area contributed by atoms with Gasteiger partial charge in [0.1, 0.15) is 5.75 Å². The highest BCUT2D eigenvalue weighted by atomic mass is 79.9. The van der Waals surface area contributed by atoms with Gasteiger partial charge in [0.15, 0.2) is 5.78 Å². The Bertz CT molecular complexity index is 679. The van der Waals surface area contributed by atoms with Crippen LogP contribution in [-0.4, -0.2) is 12.9 Å². The highest BCUT2D eigenvalue weighted by molar-refractivity contribution is 9.10. The number of methoxy groups -OCH3 is 1. The Kier molecular flexibility index (Phi) is 3.59. The van der Waals surface area contributed by atoms with Gasteiger partial charge in [-0.1, -0.05) is 28.1 Å². The zero-order chi connectivity index (χ0) is 14.1. The summed E-state index contributed by atoms with van der Waals surface area (Å²) in [4.78, 5) is 12.6. The van der Waals surface area contributed by atoms with E-state index in [1.54, 1.807) is 19.2 Å². The molecule has 0 aliphatic carbocycles. The number of benzene rings is 2. The van der Waals surface area contributed by atoms with Crippen LogP contribution in [0.2, 0.25) is 0 Å². The van der Waals surface area contributed by atoms with Crippen molar-refractivity contribution < 1.29 is 14.3 Å². The van der Waals surface area contributed by atoms with Crippen LogP contribution in [0.4, 0.5) is 0 Å². The maximum Gasteiger partial charge on any atom is 0.196 e. The number of hydrogen-bond donors (Lipinski definition) is 0. The Morgan fingerprint density at radius 2 is 1.95 bits per heavy atom. The van der Waals surface area contributed by atoms with Gasteiger partial charge in [-0.25, -0.2) is 0 Å². The van der Waals surface area contributed by atoms with E-state index in [1.165, 1.54) is 0 Å². The van der Waals surface area contributed by atoms with E-state index in [1.807, 2.05) is 24.3 Å². The Morgan fingerprint density at radius 3 is 2.75 bits per heavy atom. The number of hydrogen-bond acceptors (Lipinski definition) is 3. The second kappa shape index (κ2) is 5.38. The van der Waals surface area contributed by atoms with E-state index in [0.29, 0.717) is 30.1 Å². The smallest absolute Gasteiger partial charge is 0.196 e. The van der Waals surface area contributed by atoms with Gasteiger partial charge in [-0.05, 0) is 35.4 Å². The third-order valence-corrected chi connectivity index (χ3v) is 3.89. The summed E-state index contributed by atoms with van der Waals surface area (Å²) >= 11 is 3.38. The average molecular weight is 333 g/mol. The maximum atomic E-state index is 12.6. The molecule has 0 spiro atoms. The van der Waals surface area contributed by atoms with E-state index in [9.17, 15) is 4.79 Å². The summed E-state index contributed by atoms with van der Waals surface area (Å²) in [6.45, 7) is 1.21. The lowest BCUT2D eigenvalue weighted by molar-refractivity contribution is 0.103. The molecule has 0 atom stereocenters. The van der Waals surface area contributed by atoms with Crippen molar-refractivity contribution >= 4 is 21.7 Å². The molecule has 0 unspecified atom stereocenters. The number of fused-ring (bicyclic) bond motifs is 1. The molecule has 0 bridgehead atoms. The maximum absolute atomic E-state index is 12.6. The first-order chi connectivity index (χ1) is 9.69. The van der Waals surface area contributed by atoms with Crippen molar-refractivity contribution in [2.75, 3.05) is 7.11 Å². The van der Waals surface area contributed by atoms with Crippen LogP contribution in [0.1, 0.15) is 27.0 Å². The molecule has 20 heavy (non-hydrogen) atoms. The van der Waals surface area contributed by atoms with Crippen LogP contribution in [0, 0.1) is 0 Å². The van der Waals surface area contributed by atoms with Gasteiger partial charge >= 0.3 is 0 Å². The van der Waals surface area contributed by atoms with Crippen molar-refractivity contribution in [3.05, 3.63) is 63.1 Å². The van der Waals surface area contributed by atoms with E-state index in [2.05, 4.69) is 15.9 Å². The minimum atomic E-state index is -0.0379. The number of carbonyl (C=O) groups is 1. The molecular weight excluding hydrogens is 320 g/mol. The summed E-state index contributed by atoms with van der Waals surface area (Å²) in [5, 5.41) is 0. The van der Waals surface area contributed by atoms with E-state index < -0.39 is 0 Å². The molecule has 0 saturated carbocycles. The van der Waals surface area contributed by atoms with Gasteiger partial charge in [0.2, 0.25) is 0 Å². The topological polar surface area (TPSA) is 35.5 Å². The predicted molar refractivity (Wildman–Crippen MR) is 79.1 cm³/mol. The quantitative estimate of drug-likeness (QED) is 0.803.